The number of nitrogens with two attached hydrogens (primary N) is 1. The smallest absolute Gasteiger partial charge is 0.444 e. The Morgan fingerprint density at radius 1 is 0.882 bits per heavy atom. The van der Waals surface area contributed by atoms with Crippen molar-refractivity contribution in [2.75, 3.05) is 36.9 Å². The number of anilines is 2. The van der Waals surface area contributed by atoms with Crippen LogP contribution in [0.1, 0.15) is 77.3 Å². The lowest BCUT2D eigenvalue weighted by Crippen LogP contribution is -2.55. The van der Waals surface area contributed by atoms with E-state index in [1.54, 1.807) is 20.8 Å². The number of imide groups is 1. The number of hydrogen-bond donors (Lipinski definition) is 9. The lowest BCUT2D eigenvalue weighted by atomic mass is 10.0. The van der Waals surface area contributed by atoms with E-state index < -0.39 is 136 Å². The quantitative estimate of drug-likeness (QED) is 0.0265. The Balaban J connectivity index is 0.840. The van der Waals surface area contributed by atoms with Gasteiger partial charge in [-0.1, -0.05) is 51.6 Å². The lowest BCUT2D eigenvalue weighted by Gasteiger charge is -2.27. The molecule has 4 aliphatic heterocycles. The van der Waals surface area contributed by atoms with Crippen molar-refractivity contribution in [3.8, 4) is 0 Å². The monoisotopic (exact) mass is 1260 g/mol. The number of aromatic amines is 1. The number of alkyl halides is 2. The normalized spacial score (nSPS) is 27.7. The van der Waals surface area contributed by atoms with Crippen LogP contribution >= 0.6 is 26.9 Å². The number of phosphoric ester groups is 1. The molecule has 0 bridgehead atoms. The predicted molar refractivity (Wildman–Crippen MR) is 291 cm³/mol. The van der Waals surface area contributed by atoms with Crippen molar-refractivity contribution in [3.63, 3.8) is 0 Å². The Labute approximate surface area is 485 Å². The number of imidazole rings is 1. The summed E-state index contributed by atoms with van der Waals surface area (Å²) in [6.45, 7) is -1.62. The van der Waals surface area contributed by atoms with E-state index in [1.807, 2.05) is 4.98 Å². The summed E-state index contributed by atoms with van der Waals surface area (Å²) in [6.07, 6.45) is -12.0. The fourth-order valence-corrected chi connectivity index (χ4v) is 11.9. The van der Waals surface area contributed by atoms with Gasteiger partial charge in [0.05, 0.1) is 19.5 Å². The molecule has 8 rings (SSSR count). The van der Waals surface area contributed by atoms with Crippen LogP contribution in [0.2, 0.25) is 0 Å². The number of benzene rings is 1. The number of fused-ring (bicyclic) bond motifs is 3. The van der Waals surface area contributed by atoms with Crippen LogP contribution < -0.4 is 43.6 Å². The van der Waals surface area contributed by atoms with Crippen molar-refractivity contribution >= 4 is 91.2 Å². The van der Waals surface area contributed by atoms with Gasteiger partial charge in [-0.3, -0.25) is 71.2 Å². The summed E-state index contributed by atoms with van der Waals surface area (Å²) in [7, 11) is -5.31. The molecule has 462 valence electrons. The molecule has 0 spiro atoms. The van der Waals surface area contributed by atoms with Crippen LogP contribution in [0, 0.1) is 11.8 Å². The van der Waals surface area contributed by atoms with Crippen LogP contribution in [0.3, 0.4) is 0 Å². The largest absolute Gasteiger partial charge is 0.472 e. The molecule has 85 heavy (non-hydrogen) atoms. The van der Waals surface area contributed by atoms with Gasteiger partial charge in [0.15, 0.2) is 41.8 Å². The highest BCUT2D eigenvalue weighted by Crippen LogP contribution is 2.58. The summed E-state index contributed by atoms with van der Waals surface area (Å²) in [5.41, 5.74) is 3.76. The van der Waals surface area contributed by atoms with Gasteiger partial charge in [-0.25, -0.2) is 47.2 Å². The molecule has 4 aliphatic rings. The number of thiol groups is 1. The molecular formula is C48H61F2N13O19P2S. The van der Waals surface area contributed by atoms with Gasteiger partial charge >= 0.3 is 32.4 Å². The first-order valence-electron chi connectivity index (χ1n) is 26.5. The van der Waals surface area contributed by atoms with Gasteiger partial charge in [0.2, 0.25) is 29.5 Å². The van der Waals surface area contributed by atoms with Crippen LogP contribution in [0.5, 0.6) is 0 Å². The average molecular weight is 1260 g/mol. The molecule has 5 unspecified atom stereocenters. The van der Waals surface area contributed by atoms with Gasteiger partial charge in [0.1, 0.15) is 49.4 Å². The molecule has 7 heterocycles. The maximum Gasteiger partial charge on any atom is 0.472 e. The number of carbonyl (C=O) groups excluding carboxylic acids is 7. The number of halogens is 2. The van der Waals surface area contributed by atoms with Gasteiger partial charge in [0.25, 0.3) is 5.56 Å². The van der Waals surface area contributed by atoms with E-state index in [0.29, 0.717) is 29.4 Å². The number of urea groups is 1. The zero-order valence-corrected chi connectivity index (χ0v) is 48.2. The summed E-state index contributed by atoms with van der Waals surface area (Å²) in [5, 5.41) is 12.8. The van der Waals surface area contributed by atoms with E-state index >= 15 is 8.78 Å². The highest BCUT2D eigenvalue weighted by atomic mass is 32.7. The summed E-state index contributed by atoms with van der Waals surface area (Å²) in [4.78, 5) is 139. The third kappa shape index (κ3) is 16.1. The summed E-state index contributed by atoms with van der Waals surface area (Å²) >= 11 is 3.93. The van der Waals surface area contributed by atoms with E-state index in [0.717, 1.165) is 29.5 Å². The van der Waals surface area contributed by atoms with Gasteiger partial charge in [-0.05, 0) is 42.9 Å². The molecule has 13 atom stereocenters. The van der Waals surface area contributed by atoms with Crippen molar-refractivity contribution in [2.45, 2.75) is 127 Å². The van der Waals surface area contributed by atoms with Crippen molar-refractivity contribution in [2.24, 2.45) is 17.6 Å². The van der Waals surface area contributed by atoms with E-state index in [-0.39, 0.29) is 79.4 Å². The third-order valence-electron chi connectivity index (χ3n) is 13.8. The van der Waals surface area contributed by atoms with Gasteiger partial charge < -0.3 is 46.1 Å². The third-order valence-corrected chi connectivity index (χ3v) is 16.4. The van der Waals surface area contributed by atoms with E-state index in [9.17, 15) is 57.2 Å². The Hall–Kier alpha value is -7.07. The topological polar surface area (TPSA) is 426 Å². The fraction of sp³-hybridized carbons (Fsp3) is 0.542. The second kappa shape index (κ2) is 27.5. The summed E-state index contributed by atoms with van der Waals surface area (Å²) < 4.78 is 98.7. The molecule has 8 amide bonds. The molecular weight excluding hydrogens is 1190 g/mol. The first-order valence-corrected chi connectivity index (χ1v) is 30.7. The van der Waals surface area contributed by atoms with Crippen LogP contribution in [0.15, 0.2) is 58.8 Å². The second-order valence-corrected chi connectivity index (χ2v) is 24.7. The highest BCUT2D eigenvalue weighted by molar-refractivity contribution is 8.44. The highest BCUT2D eigenvalue weighted by Gasteiger charge is 2.55. The Morgan fingerprint density at radius 2 is 1.56 bits per heavy atom. The molecule has 0 saturated carbocycles. The maximum atomic E-state index is 16.5. The van der Waals surface area contributed by atoms with Crippen molar-refractivity contribution in [1.82, 2.24) is 49.9 Å². The second-order valence-electron chi connectivity index (χ2n) is 20.4. The summed E-state index contributed by atoms with van der Waals surface area (Å²) in [6, 6.07) is 3.75. The number of nitrogens with zero attached hydrogens (tertiary/aromatic N) is 6. The molecule has 9 N–H and O–H groups in total. The summed E-state index contributed by atoms with van der Waals surface area (Å²) in [5.74, 6) is -3.18. The minimum Gasteiger partial charge on any atom is -0.444 e. The molecule has 37 heteroatoms. The van der Waals surface area contributed by atoms with Crippen molar-refractivity contribution in [1.29, 1.82) is 0 Å². The number of unbranched alkanes of at least 4 members (excludes halogenated alkanes) is 2. The number of rotatable bonds is 20. The SMILES string of the molecule is CC1CC(=O)N(CCCCCC(=O)NC(C(=O)NC(CCNC(N)=O)C(=O)Nc2ccc(COC(=O)Nc3ncnc4c3ncn4[C@@H]3O[C@@H]4COP(=O)(S)O[C@H]5[C@@H](F)[C@H](n6ccc(=O)[nH]c6=O)O[C@@H]5COP(=O)(O)O[C@H]4[C@H]3F)cc2)C(C)C)C1=O. The molecule has 1 aromatic carbocycles. The number of H-pyrrole nitrogens is 1. The Bertz CT molecular complexity index is 3380. The standard InChI is InChI=1S/C48H61F2N13O19P2S/c1-23(2)35(58-30(64)7-5-4-6-15-61-32(66)17-24(3)43(61)69)42(68)57-27(12-14-52-46(51)70)41(67)56-26-10-8-25(9-11-26)18-76-48(72)60-39-36-40(54-21-53-39)63(22-55-36)45-33(49)37-29(80-45)20-78-84(75,85)82-38-28(19-77-83(73,74)81-37)79-44(34(38)50)62-16-13-31(65)59-47(62)71/h8-11,13,16,21-24,27-29,33-35,37-38,44-45H,4-7,12,14-15,17-20H2,1-3H3,(H,56,67)(H,57,68)(H,58,64)(H,73,74)(H,75,85)(H3,51,52,70)(H,59,65,71)(H,53,54,60,72)/t24?,27?,28-,29-,33-,34-,35?,37-,38-,44-,45-,84?/m1/s1. The number of primary amides is 1. The van der Waals surface area contributed by atoms with Crippen molar-refractivity contribution < 1.29 is 88.7 Å². The molecule has 0 aliphatic carbocycles. The average Bonchev–Trinajstić information content (AvgIpc) is 1.98. The molecule has 4 fully saturated rings. The van der Waals surface area contributed by atoms with E-state index in [2.05, 4.69) is 53.8 Å². The number of amides is 8. The zero-order chi connectivity index (χ0) is 61.5. The van der Waals surface area contributed by atoms with E-state index in [1.165, 1.54) is 29.2 Å². The first-order chi connectivity index (χ1) is 40.3. The minimum atomic E-state index is -5.31. The van der Waals surface area contributed by atoms with Crippen LogP contribution in [-0.2, 0) is 72.0 Å². The first kappa shape index (κ1) is 63.9. The van der Waals surface area contributed by atoms with Gasteiger partial charge in [-0.2, -0.15) is 0 Å². The lowest BCUT2D eigenvalue weighted by molar-refractivity contribution is -0.139. The van der Waals surface area contributed by atoms with Crippen LogP contribution in [-0.4, -0.2) is 156 Å². The molecule has 3 aromatic heterocycles. The molecule has 0 radical (unpaired) electrons. The zero-order valence-electron chi connectivity index (χ0n) is 45.5. The predicted octanol–water partition coefficient (Wildman–Crippen LogP) is 2.13. The fourth-order valence-electron chi connectivity index (χ4n) is 9.48. The maximum absolute atomic E-state index is 16.5. The number of likely N-dealkylation sites (tertiary alicyclic amines) is 1. The number of carbonyl (C=O) groups is 7. The van der Waals surface area contributed by atoms with E-state index in [4.69, 9.17) is 38.0 Å². The van der Waals surface area contributed by atoms with Crippen LogP contribution in [0.4, 0.5) is 29.9 Å². The van der Waals surface area contributed by atoms with Gasteiger partial charge in [-0.15, -0.1) is 0 Å². The molecule has 4 saturated heterocycles. The van der Waals surface area contributed by atoms with Crippen LogP contribution in [0.25, 0.3) is 11.2 Å². The van der Waals surface area contributed by atoms with Gasteiger partial charge in [0, 0.05) is 49.8 Å². The number of aromatic nitrogens is 6. The minimum absolute atomic E-state index is 0.0636. The number of nitrogens with one attached hydrogen (secondary N) is 6. The Kier molecular flexibility index (Phi) is 20.7. The number of ether oxygens (including phenoxy) is 3. The van der Waals surface area contributed by atoms with Crippen molar-refractivity contribution in [3.05, 3.63) is 75.6 Å². The Morgan fingerprint density at radius 3 is 2.22 bits per heavy atom. The molecule has 4 aromatic rings. The molecule has 32 nitrogen and oxygen atoms in total. The number of phosphoric acid groups is 1. The number of hydrogen-bond acceptors (Lipinski definition) is 21.